The number of hydrogen-bond acceptors (Lipinski definition) is 5. The molecule has 1 aromatic rings. The fraction of sp³-hybridized carbons (Fsp3) is 0.727. The smallest absolute Gasteiger partial charge is 0.290 e. The maximum Gasteiger partial charge on any atom is 0.462 e. The van der Waals surface area contributed by atoms with Crippen LogP contribution in [0.25, 0.3) is 0 Å². The number of carbonyl (C=O) groups is 1. The van der Waals surface area contributed by atoms with Gasteiger partial charge in [0.25, 0.3) is 0 Å². The second-order valence-electron chi connectivity index (χ2n) is 5.78. The quantitative estimate of drug-likeness (QED) is 0.452. The number of aromatic amines is 1. The van der Waals surface area contributed by atoms with Gasteiger partial charge in [-0.25, -0.2) is 5.10 Å². The minimum absolute atomic E-state index is 0.353. The average Bonchev–Trinajstić information content (AvgIpc) is 3.10. The molecular formula is C11H3F17N4O3. The molecule has 0 aliphatic rings. The number of nitrogens with one attached hydrogen (secondary N) is 2. The van der Waals surface area contributed by atoms with Crippen molar-refractivity contribution in [1.82, 2.24) is 15.2 Å². The number of alkyl halides is 17. The monoisotopic (exact) mass is 562 g/mol. The molecule has 0 saturated carbocycles. The highest BCUT2D eigenvalue weighted by molar-refractivity contribution is 5.95. The SMILES string of the molecule is O=C(Nc1ncn[nH]1)[C@](F)(OC(F)(F)[C@](F)(OC(F)(F)C(F)(F)C(F)(F)F)C(F)(F)F)C(F)(F)F. The third kappa shape index (κ3) is 5.30. The Labute approximate surface area is 177 Å². The predicted octanol–water partition coefficient (Wildman–Crippen LogP) is 4.62. The van der Waals surface area contributed by atoms with Crippen LogP contribution in [0.5, 0.6) is 0 Å². The summed E-state index contributed by atoms with van der Waals surface area (Å²) in [5.74, 6) is -27.8. The van der Waals surface area contributed by atoms with Crippen LogP contribution in [0, 0.1) is 0 Å². The van der Waals surface area contributed by atoms with Gasteiger partial charge in [0.05, 0.1) is 0 Å². The van der Waals surface area contributed by atoms with Crippen LogP contribution < -0.4 is 5.32 Å². The Hall–Kier alpha value is -2.66. The van der Waals surface area contributed by atoms with Crippen molar-refractivity contribution in [3.8, 4) is 0 Å². The fourth-order valence-corrected chi connectivity index (χ4v) is 1.62. The lowest BCUT2D eigenvalue weighted by molar-refractivity contribution is -0.548. The molecule has 2 atom stereocenters. The number of carbonyl (C=O) groups excluding carboxylic acids is 1. The molecule has 0 radical (unpaired) electrons. The summed E-state index contributed by atoms with van der Waals surface area (Å²) >= 11 is 0. The van der Waals surface area contributed by atoms with E-state index in [1.807, 2.05) is 4.74 Å². The van der Waals surface area contributed by atoms with E-state index in [0.29, 0.717) is 11.6 Å². The van der Waals surface area contributed by atoms with Crippen molar-refractivity contribution in [1.29, 1.82) is 0 Å². The van der Waals surface area contributed by atoms with Gasteiger partial charge in [-0.05, 0) is 0 Å². The zero-order valence-corrected chi connectivity index (χ0v) is 15.1. The first kappa shape index (κ1) is 30.4. The summed E-state index contributed by atoms with van der Waals surface area (Å²) in [5.41, 5.74) is 0. The highest BCUT2D eigenvalue weighted by atomic mass is 19.4. The van der Waals surface area contributed by atoms with E-state index < -0.39 is 60.2 Å². The van der Waals surface area contributed by atoms with Gasteiger partial charge in [-0.3, -0.25) is 19.6 Å². The van der Waals surface area contributed by atoms with E-state index in [-0.39, 0.29) is 0 Å². The third-order valence-electron chi connectivity index (χ3n) is 3.30. The van der Waals surface area contributed by atoms with Gasteiger partial charge < -0.3 is 0 Å². The van der Waals surface area contributed by atoms with E-state index in [1.54, 1.807) is 0 Å². The zero-order valence-electron chi connectivity index (χ0n) is 15.1. The second kappa shape index (κ2) is 8.48. The number of halogens is 17. The van der Waals surface area contributed by atoms with Crippen molar-refractivity contribution in [2.75, 3.05) is 5.32 Å². The fourth-order valence-electron chi connectivity index (χ4n) is 1.62. The normalized spacial score (nSPS) is 18.1. The summed E-state index contributed by atoms with van der Waals surface area (Å²) in [6.07, 6.45) is -38.3. The molecule has 2 N–H and O–H groups in total. The molecule has 24 heteroatoms. The molecule has 0 aliphatic heterocycles. The van der Waals surface area contributed by atoms with E-state index in [4.69, 9.17) is 0 Å². The average molecular weight is 562 g/mol. The van der Waals surface area contributed by atoms with Crippen LogP contribution in [0.1, 0.15) is 0 Å². The molecule has 1 aromatic heterocycles. The Morgan fingerprint density at radius 2 is 1.20 bits per heavy atom. The van der Waals surface area contributed by atoms with E-state index >= 15 is 0 Å². The maximum absolute atomic E-state index is 14.1. The molecule has 1 heterocycles. The lowest BCUT2D eigenvalue weighted by Crippen LogP contribution is -2.68. The van der Waals surface area contributed by atoms with Gasteiger partial charge in [-0.15, -0.1) is 0 Å². The van der Waals surface area contributed by atoms with Crippen molar-refractivity contribution in [2.45, 2.75) is 48.4 Å². The molecule has 1 amide bonds. The third-order valence-corrected chi connectivity index (χ3v) is 3.30. The van der Waals surface area contributed by atoms with Crippen LogP contribution >= 0.6 is 0 Å². The molecule has 1 rings (SSSR count). The van der Waals surface area contributed by atoms with Crippen LogP contribution in [-0.2, 0) is 14.3 Å². The number of nitrogens with zero attached hydrogens (tertiary/aromatic N) is 2. The van der Waals surface area contributed by atoms with E-state index in [1.165, 1.54) is 9.84 Å². The zero-order chi connectivity index (χ0) is 28.1. The first-order chi connectivity index (χ1) is 15.2. The molecule has 0 bridgehead atoms. The van der Waals surface area contributed by atoms with Crippen molar-refractivity contribution in [3.63, 3.8) is 0 Å². The standard InChI is InChI=1S/C11H3F17N4O3/c12-4(7(16,17)18,2(33)31-3-29-1-30-32-3)34-11(27,28)6(15,9(22,23)24)35-10(25,26)5(13,14)8(19,20)21/h1H,(H2,29,30,31,32,33)/t4-,6+/m0/s1. The molecule has 0 unspecified atom stereocenters. The summed E-state index contributed by atoms with van der Waals surface area (Å²) in [6.45, 7) is 0. The minimum atomic E-state index is -8.08. The number of rotatable bonds is 8. The summed E-state index contributed by atoms with van der Waals surface area (Å²) in [7, 11) is 0. The molecule has 7 nitrogen and oxygen atoms in total. The van der Waals surface area contributed by atoms with Gasteiger partial charge in [-0.2, -0.15) is 84.7 Å². The predicted molar refractivity (Wildman–Crippen MR) is 67.9 cm³/mol. The van der Waals surface area contributed by atoms with Crippen LogP contribution in [0.2, 0.25) is 0 Å². The molecular weight excluding hydrogens is 559 g/mol. The number of anilines is 1. The summed E-state index contributed by atoms with van der Waals surface area (Å²) in [5, 5.41) is 4.85. The largest absolute Gasteiger partial charge is 0.462 e. The number of aromatic nitrogens is 3. The van der Waals surface area contributed by atoms with Crippen LogP contribution in [0.4, 0.5) is 80.6 Å². The van der Waals surface area contributed by atoms with Gasteiger partial charge >= 0.3 is 54.3 Å². The molecule has 0 fully saturated rings. The number of H-pyrrole nitrogens is 1. The van der Waals surface area contributed by atoms with Crippen molar-refractivity contribution in [3.05, 3.63) is 6.33 Å². The second-order valence-corrected chi connectivity index (χ2v) is 5.78. The van der Waals surface area contributed by atoms with Gasteiger partial charge in [0.15, 0.2) is 0 Å². The van der Waals surface area contributed by atoms with Crippen LogP contribution in [0.3, 0.4) is 0 Å². The molecule has 0 saturated heterocycles. The Morgan fingerprint density at radius 3 is 1.54 bits per heavy atom. The Balaban J connectivity index is 3.60. The van der Waals surface area contributed by atoms with Gasteiger partial charge in [0, 0.05) is 0 Å². The first-order valence-electron chi connectivity index (χ1n) is 7.45. The molecule has 0 spiro atoms. The topological polar surface area (TPSA) is 89.1 Å². The highest BCUT2D eigenvalue weighted by Gasteiger charge is 2.85. The summed E-state index contributed by atoms with van der Waals surface area (Å²) in [4.78, 5) is 14.2. The number of amides is 1. The lowest BCUT2D eigenvalue weighted by Gasteiger charge is -2.40. The Morgan fingerprint density at radius 1 is 0.714 bits per heavy atom. The van der Waals surface area contributed by atoms with E-state index in [0.717, 1.165) is 0 Å². The molecule has 35 heavy (non-hydrogen) atoms. The number of hydrogen-bond donors (Lipinski definition) is 2. The lowest BCUT2D eigenvalue weighted by atomic mass is 10.2. The minimum Gasteiger partial charge on any atom is -0.290 e. The molecule has 0 aromatic carbocycles. The highest BCUT2D eigenvalue weighted by Crippen LogP contribution is 2.56. The van der Waals surface area contributed by atoms with Crippen molar-refractivity contribution >= 4 is 11.9 Å². The molecule has 0 aliphatic carbocycles. The Bertz CT molecular complexity index is 895. The molecule has 204 valence electrons. The van der Waals surface area contributed by atoms with E-state index in [9.17, 15) is 79.4 Å². The van der Waals surface area contributed by atoms with Crippen molar-refractivity contribution in [2.24, 2.45) is 0 Å². The summed E-state index contributed by atoms with van der Waals surface area (Å²) < 4.78 is 223. The number of ether oxygens (including phenoxy) is 2. The maximum atomic E-state index is 14.1. The van der Waals surface area contributed by atoms with E-state index in [2.05, 4.69) is 10.1 Å². The van der Waals surface area contributed by atoms with Crippen molar-refractivity contribution < 1.29 is 88.9 Å². The van der Waals surface area contributed by atoms with Crippen LogP contribution in [-0.4, -0.2) is 69.5 Å². The Kier molecular flexibility index (Phi) is 7.36. The first-order valence-corrected chi connectivity index (χ1v) is 7.45. The van der Waals surface area contributed by atoms with Crippen LogP contribution in [0.15, 0.2) is 6.33 Å². The summed E-state index contributed by atoms with van der Waals surface area (Å²) in [6, 6.07) is 0. The van der Waals surface area contributed by atoms with Gasteiger partial charge in [-0.1, -0.05) is 0 Å². The van der Waals surface area contributed by atoms with Gasteiger partial charge in [0.2, 0.25) is 5.95 Å². The van der Waals surface area contributed by atoms with Gasteiger partial charge in [0.1, 0.15) is 6.33 Å².